The van der Waals surface area contributed by atoms with Crippen molar-refractivity contribution in [1.29, 1.82) is 0 Å². The lowest BCUT2D eigenvalue weighted by molar-refractivity contribution is 0.213. The van der Waals surface area contributed by atoms with Gasteiger partial charge in [-0.1, -0.05) is 0 Å². The number of rotatable bonds is 4. The Morgan fingerprint density at radius 3 is 2.45 bits per heavy atom. The molecule has 5 nitrogen and oxygen atoms in total. The van der Waals surface area contributed by atoms with Gasteiger partial charge in [0, 0.05) is 25.3 Å². The summed E-state index contributed by atoms with van der Waals surface area (Å²) in [6.07, 6.45) is 1.53. The molecule has 1 atom stereocenters. The molecule has 20 heavy (non-hydrogen) atoms. The number of aliphatic hydroxyl groups excluding tert-OH is 1. The van der Waals surface area contributed by atoms with Crippen LogP contribution in [0.15, 0.2) is 17.0 Å². The third kappa shape index (κ3) is 2.55. The third-order valence-electron chi connectivity index (χ3n) is 3.85. The van der Waals surface area contributed by atoms with Crippen LogP contribution in [0.1, 0.15) is 24.0 Å². The molecule has 0 aliphatic carbocycles. The molecule has 0 saturated carbocycles. The van der Waals surface area contributed by atoms with E-state index in [4.69, 9.17) is 0 Å². The van der Waals surface area contributed by atoms with Gasteiger partial charge in [0.25, 0.3) is 0 Å². The highest BCUT2D eigenvalue weighted by molar-refractivity contribution is 7.89. The zero-order valence-electron chi connectivity index (χ0n) is 12.2. The minimum absolute atomic E-state index is 0.119. The van der Waals surface area contributed by atoms with Gasteiger partial charge in [0.05, 0.1) is 11.5 Å². The third-order valence-corrected chi connectivity index (χ3v) is 6.11. The SMILES string of the molecule is CNc1cc(C)c(S(=O)(=O)N2CCCC2CO)c(C)c1. The van der Waals surface area contributed by atoms with Crippen LogP contribution in [0.25, 0.3) is 0 Å². The van der Waals surface area contributed by atoms with Crippen LogP contribution in [0, 0.1) is 13.8 Å². The van der Waals surface area contributed by atoms with Gasteiger partial charge < -0.3 is 10.4 Å². The number of nitrogens with zero attached hydrogens (tertiary/aromatic N) is 1. The summed E-state index contributed by atoms with van der Waals surface area (Å²) in [4.78, 5) is 0.372. The molecule has 1 unspecified atom stereocenters. The smallest absolute Gasteiger partial charge is 0.243 e. The fourth-order valence-electron chi connectivity index (χ4n) is 2.93. The van der Waals surface area contributed by atoms with Crippen molar-refractivity contribution >= 4 is 15.7 Å². The summed E-state index contributed by atoms with van der Waals surface area (Å²) in [6, 6.07) is 3.39. The van der Waals surface area contributed by atoms with Crippen molar-refractivity contribution in [2.75, 3.05) is 25.5 Å². The lowest BCUT2D eigenvalue weighted by Crippen LogP contribution is -2.38. The molecule has 1 aromatic rings. The Hall–Kier alpha value is -1.11. The molecule has 1 aromatic carbocycles. The maximum absolute atomic E-state index is 12.8. The number of sulfonamides is 1. The Kier molecular flexibility index (Phi) is 4.36. The summed E-state index contributed by atoms with van der Waals surface area (Å²) in [5.41, 5.74) is 2.37. The number of benzene rings is 1. The van der Waals surface area contributed by atoms with Crippen LogP contribution in [-0.2, 0) is 10.0 Å². The van der Waals surface area contributed by atoms with Crippen molar-refractivity contribution in [2.24, 2.45) is 0 Å². The fraction of sp³-hybridized carbons (Fsp3) is 0.571. The molecule has 6 heteroatoms. The van der Waals surface area contributed by atoms with Gasteiger partial charge in [-0.15, -0.1) is 0 Å². The van der Waals surface area contributed by atoms with E-state index in [-0.39, 0.29) is 12.6 Å². The van der Waals surface area contributed by atoms with E-state index in [2.05, 4.69) is 5.32 Å². The van der Waals surface area contributed by atoms with E-state index in [9.17, 15) is 13.5 Å². The van der Waals surface area contributed by atoms with Gasteiger partial charge in [-0.05, 0) is 49.9 Å². The molecule has 1 aliphatic heterocycles. The second-order valence-corrected chi connectivity index (χ2v) is 7.11. The first-order chi connectivity index (χ1) is 9.41. The molecule has 0 radical (unpaired) electrons. The predicted molar refractivity (Wildman–Crippen MR) is 79.5 cm³/mol. The summed E-state index contributed by atoms with van der Waals surface area (Å²) in [7, 11) is -1.73. The molecule has 2 N–H and O–H groups in total. The zero-order chi connectivity index (χ0) is 14.9. The monoisotopic (exact) mass is 298 g/mol. The van der Waals surface area contributed by atoms with Gasteiger partial charge in [0.2, 0.25) is 10.0 Å². The Balaban J connectivity index is 2.50. The van der Waals surface area contributed by atoms with Crippen LogP contribution < -0.4 is 5.32 Å². The average molecular weight is 298 g/mol. The Morgan fingerprint density at radius 2 is 1.95 bits per heavy atom. The summed E-state index contributed by atoms with van der Waals surface area (Å²) in [6.45, 7) is 3.99. The van der Waals surface area contributed by atoms with Gasteiger partial charge in [0.1, 0.15) is 0 Å². The van der Waals surface area contributed by atoms with E-state index < -0.39 is 10.0 Å². The van der Waals surface area contributed by atoms with Crippen LogP contribution in [0.3, 0.4) is 0 Å². The highest BCUT2D eigenvalue weighted by atomic mass is 32.2. The maximum atomic E-state index is 12.8. The fourth-order valence-corrected chi connectivity index (χ4v) is 5.03. The van der Waals surface area contributed by atoms with Crippen LogP contribution in [-0.4, -0.2) is 44.1 Å². The van der Waals surface area contributed by atoms with E-state index in [1.807, 2.05) is 33.0 Å². The number of hydrogen-bond acceptors (Lipinski definition) is 4. The van der Waals surface area contributed by atoms with Crippen molar-refractivity contribution in [3.63, 3.8) is 0 Å². The Bertz CT molecular complexity index is 575. The average Bonchev–Trinajstić information content (AvgIpc) is 2.86. The molecule has 0 amide bonds. The van der Waals surface area contributed by atoms with Crippen LogP contribution in [0.5, 0.6) is 0 Å². The van der Waals surface area contributed by atoms with E-state index >= 15 is 0 Å². The summed E-state index contributed by atoms with van der Waals surface area (Å²) < 4.78 is 27.1. The van der Waals surface area contributed by atoms with Gasteiger partial charge >= 0.3 is 0 Å². The largest absolute Gasteiger partial charge is 0.395 e. The highest BCUT2D eigenvalue weighted by Crippen LogP contribution is 2.31. The van der Waals surface area contributed by atoms with Crippen molar-refractivity contribution in [1.82, 2.24) is 4.31 Å². The van der Waals surface area contributed by atoms with Gasteiger partial charge in [-0.25, -0.2) is 8.42 Å². The number of aryl methyl sites for hydroxylation is 2. The lowest BCUT2D eigenvalue weighted by atomic mass is 10.1. The summed E-state index contributed by atoms with van der Waals surface area (Å²) >= 11 is 0. The number of anilines is 1. The molecule has 0 aromatic heterocycles. The molecule has 2 rings (SSSR count). The van der Waals surface area contributed by atoms with Crippen molar-refractivity contribution in [2.45, 2.75) is 37.6 Å². The summed E-state index contributed by atoms with van der Waals surface area (Å²) in [5.74, 6) is 0. The quantitative estimate of drug-likeness (QED) is 0.883. The van der Waals surface area contributed by atoms with Crippen molar-refractivity contribution in [3.8, 4) is 0 Å². The molecule has 1 aliphatic rings. The van der Waals surface area contributed by atoms with Crippen LogP contribution in [0.4, 0.5) is 5.69 Å². The highest BCUT2D eigenvalue weighted by Gasteiger charge is 2.36. The topological polar surface area (TPSA) is 69.6 Å². The molecule has 0 spiro atoms. The first kappa shape index (κ1) is 15.3. The van der Waals surface area contributed by atoms with Crippen LogP contribution in [0.2, 0.25) is 0 Å². The first-order valence-corrected chi connectivity index (χ1v) is 8.27. The molecule has 112 valence electrons. The van der Waals surface area contributed by atoms with Gasteiger partial charge in [-0.2, -0.15) is 4.31 Å². The van der Waals surface area contributed by atoms with Gasteiger partial charge in [-0.3, -0.25) is 0 Å². The second kappa shape index (κ2) is 5.71. The van der Waals surface area contributed by atoms with E-state index in [0.717, 1.165) is 29.7 Å². The Morgan fingerprint density at radius 1 is 1.35 bits per heavy atom. The minimum Gasteiger partial charge on any atom is -0.395 e. The lowest BCUT2D eigenvalue weighted by Gasteiger charge is -2.24. The van der Waals surface area contributed by atoms with Gasteiger partial charge in [0.15, 0.2) is 0 Å². The molecule has 1 fully saturated rings. The maximum Gasteiger partial charge on any atom is 0.243 e. The number of aliphatic hydroxyl groups is 1. The predicted octanol–water partition coefficient (Wildman–Crippen LogP) is 1.49. The first-order valence-electron chi connectivity index (χ1n) is 6.83. The van der Waals surface area contributed by atoms with E-state index in [1.54, 1.807) is 0 Å². The minimum atomic E-state index is -3.54. The normalized spacial score (nSPS) is 20.3. The molecular formula is C14H22N2O3S. The van der Waals surface area contributed by atoms with Crippen LogP contribution >= 0.6 is 0 Å². The number of nitrogens with one attached hydrogen (secondary N) is 1. The summed E-state index contributed by atoms with van der Waals surface area (Å²) in [5, 5.41) is 12.4. The van der Waals surface area contributed by atoms with Crippen molar-refractivity contribution < 1.29 is 13.5 Å². The second-order valence-electron chi connectivity index (χ2n) is 5.28. The molecule has 0 bridgehead atoms. The molecule has 1 saturated heterocycles. The van der Waals surface area contributed by atoms with E-state index in [0.29, 0.717) is 11.4 Å². The molecule has 1 heterocycles. The number of hydrogen-bond donors (Lipinski definition) is 2. The Labute approximate surface area is 120 Å². The zero-order valence-corrected chi connectivity index (χ0v) is 13.0. The van der Waals surface area contributed by atoms with Crippen molar-refractivity contribution in [3.05, 3.63) is 23.3 Å². The van der Waals surface area contributed by atoms with E-state index in [1.165, 1.54) is 4.31 Å². The standard InChI is InChI=1S/C14H22N2O3S/c1-10-7-12(15-3)8-11(2)14(10)20(18,19)16-6-4-5-13(16)9-17/h7-8,13,15,17H,4-6,9H2,1-3H3. The molecular weight excluding hydrogens is 276 g/mol.